The third-order valence-corrected chi connectivity index (χ3v) is 4.55. The van der Waals surface area contributed by atoms with Crippen molar-refractivity contribution < 1.29 is 9.59 Å². The zero-order valence-corrected chi connectivity index (χ0v) is 14.4. The van der Waals surface area contributed by atoms with Crippen LogP contribution in [0, 0.1) is 0 Å². The summed E-state index contributed by atoms with van der Waals surface area (Å²) in [4.78, 5) is 27.0. The van der Waals surface area contributed by atoms with Gasteiger partial charge in [0.2, 0.25) is 5.91 Å². The topological polar surface area (TPSA) is 61.4 Å². The molecule has 6 heteroatoms. The van der Waals surface area contributed by atoms with Crippen molar-refractivity contribution in [3.63, 3.8) is 0 Å². The van der Waals surface area contributed by atoms with Crippen LogP contribution in [0.1, 0.15) is 23.2 Å². The van der Waals surface area contributed by atoms with E-state index in [9.17, 15) is 9.59 Å². The van der Waals surface area contributed by atoms with Crippen LogP contribution in [0.5, 0.6) is 0 Å². The molecule has 1 heterocycles. The first-order valence-corrected chi connectivity index (χ1v) is 9.46. The van der Waals surface area contributed by atoms with E-state index >= 15 is 0 Å². The van der Waals surface area contributed by atoms with Gasteiger partial charge in [0.1, 0.15) is 6.04 Å². The Labute approximate surface area is 142 Å². The van der Waals surface area contributed by atoms with E-state index < -0.39 is 6.04 Å². The van der Waals surface area contributed by atoms with Crippen LogP contribution >= 0.6 is 11.8 Å². The highest BCUT2D eigenvalue weighted by molar-refractivity contribution is 7.98. The molecule has 0 saturated carbocycles. The largest absolute Gasteiger partial charge is 0.340 e. The van der Waals surface area contributed by atoms with Gasteiger partial charge >= 0.3 is 0 Å². The fourth-order valence-electron chi connectivity index (χ4n) is 2.61. The number of nitrogens with zero attached hydrogens (tertiary/aromatic N) is 1. The summed E-state index contributed by atoms with van der Waals surface area (Å²) < 4.78 is 0. The number of carbonyl (C=O) groups excluding carboxylic acids is 2. The Morgan fingerprint density at radius 2 is 2.04 bits per heavy atom. The van der Waals surface area contributed by atoms with Crippen LogP contribution in [0.3, 0.4) is 0 Å². The number of hydrogen-bond acceptors (Lipinski definition) is 4. The second kappa shape index (κ2) is 9.57. The number of carbonyl (C=O) groups is 2. The lowest BCUT2D eigenvalue weighted by atomic mass is 10.1. The van der Waals surface area contributed by atoms with E-state index in [1.807, 2.05) is 29.4 Å². The molecule has 1 unspecified atom stereocenters. The third-order valence-electron chi connectivity index (χ3n) is 3.90. The van der Waals surface area contributed by atoms with Gasteiger partial charge in [-0.15, -0.1) is 0 Å². The Balaban J connectivity index is 2.03. The summed E-state index contributed by atoms with van der Waals surface area (Å²) in [6.45, 7) is 3.21. The molecule has 1 fully saturated rings. The predicted molar refractivity (Wildman–Crippen MR) is 94.8 cm³/mol. The lowest BCUT2D eigenvalue weighted by molar-refractivity contribution is -0.133. The van der Waals surface area contributed by atoms with Crippen LogP contribution in [-0.2, 0) is 4.79 Å². The molecule has 0 radical (unpaired) electrons. The van der Waals surface area contributed by atoms with Crippen molar-refractivity contribution in [3.05, 3.63) is 35.9 Å². The molecule has 1 saturated heterocycles. The van der Waals surface area contributed by atoms with Gasteiger partial charge in [-0.05, 0) is 43.5 Å². The third kappa shape index (κ3) is 5.55. The van der Waals surface area contributed by atoms with Crippen molar-refractivity contribution in [3.8, 4) is 0 Å². The highest BCUT2D eigenvalue weighted by atomic mass is 32.2. The zero-order valence-electron chi connectivity index (χ0n) is 13.6. The minimum absolute atomic E-state index is 0.0343. The quantitative estimate of drug-likeness (QED) is 0.824. The van der Waals surface area contributed by atoms with Crippen LogP contribution in [0.2, 0.25) is 0 Å². The van der Waals surface area contributed by atoms with Crippen LogP contribution in [0.25, 0.3) is 0 Å². The normalized spacial score (nSPS) is 16.5. The Morgan fingerprint density at radius 3 is 2.78 bits per heavy atom. The molecular formula is C17H25N3O2S. The Morgan fingerprint density at radius 1 is 1.26 bits per heavy atom. The highest BCUT2D eigenvalue weighted by Crippen LogP contribution is 2.08. The molecule has 1 aromatic carbocycles. The maximum absolute atomic E-state index is 12.8. The number of hydrogen-bond donors (Lipinski definition) is 2. The molecule has 1 aromatic rings. The molecule has 5 nitrogen and oxygen atoms in total. The molecular weight excluding hydrogens is 310 g/mol. The number of thioether (sulfide) groups is 1. The molecule has 0 aliphatic carbocycles. The minimum atomic E-state index is -0.451. The summed E-state index contributed by atoms with van der Waals surface area (Å²) >= 11 is 1.69. The van der Waals surface area contributed by atoms with Gasteiger partial charge in [-0.3, -0.25) is 9.59 Å². The smallest absolute Gasteiger partial charge is 0.251 e. The fraction of sp³-hybridized carbons (Fsp3) is 0.529. The molecule has 1 aliphatic heterocycles. The number of benzene rings is 1. The Kier molecular flexibility index (Phi) is 7.42. The Hall–Kier alpha value is -1.53. The van der Waals surface area contributed by atoms with Gasteiger partial charge in [0.25, 0.3) is 5.91 Å². The lowest BCUT2D eigenvalue weighted by Crippen LogP contribution is -2.49. The lowest BCUT2D eigenvalue weighted by Gasteiger charge is -2.26. The second-order valence-corrected chi connectivity index (χ2v) is 6.59. The van der Waals surface area contributed by atoms with E-state index in [0.717, 1.165) is 31.8 Å². The molecule has 2 N–H and O–H groups in total. The molecule has 126 valence electrons. The van der Waals surface area contributed by atoms with E-state index in [1.54, 1.807) is 23.9 Å². The summed E-state index contributed by atoms with van der Waals surface area (Å²) in [5.74, 6) is 0.697. The first-order chi connectivity index (χ1) is 11.2. The van der Waals surface area contributed by atoms with Crippen molar-refractivity contribution in [2.75, 3.05) is 38.2 Å². The van der Waals surface area contributed by atoms with Gasteiger partial charge < -0.3 is 15.5 Å². The summed E-state index contributed by atoms with van der Waals surface area (Å²) in [6, 6.07) is 8.61. The molecule has 1 atom stereocenters. The molecule has 2 rings (SSSR count). The van der Waals surface area contributed by atoms with Gasteiger partial charge in [0.15, 0.2) is 0 Å². The minimum Gasteiger partial charge on any atom is -0.340 e. The predicted octanol–water partition coefficient (Wildman–Crippen LogP) is 1.36. The van der Waals surface area contributed by atoms with Crippen LogP contribution in [0.15, 0.2) is 30.3 Å². The molecule has 2 amide bonds. The van der Waals surface area contributed by atoms with Crippen molar-refractivity contribution in [2.45, 2.75) is 18.9 Å². The van der Waals surface area contributed by atoms with E-state index in [4.69, 9.17) is 0 Å². The van der Waals surface area contributed by atoms with Gasteiger partial charge in [0, 0.05) is 25.2 Å². The maximum Gasteiger partial charge on any atom is 0.251 e. The van der Waals surface area contributed by atoms with Crippen LogP contribution < -0.4 is 10.6 Å². The first-order valence-electron chi connectivity index (χ1n) is 8.06. The van der Waals surface area contributed by atoms with E-state index in [2.05, 4.69) is 10.6 Å². The van der Waals surface area contributed by atoms with Gasteiger partial charge in [0.05, 0.1) is 0 Å². The van der Waals surface area contributed by atoms with E-state index in [1.165, 1.54) is 0 Å². The zero-order chi connectivity index (χ0) is 16.5. The second-order valence-electron chi connectivity index (χ2n) is 5.60. The van der Waals surface area contributed by atoms with Gasteiger partial charge in [-0.2, -0.15) is 11.8 Å². The molecule has 0 aromatic heterocycles. The number of nitrogens with one attached hydrogen (secondary N) is 2. The van der Waals surface area contributed by atoms with Crippen molar-refractivity contribution in [2.24, 2.45) is 0 Å². The first kappa shape index (κ1) is 17.8. The highest BCUT2D eigenvalue weighted by Gasteiger charge is 2.26. The molecule has 1 aliphatic rings. The SMILES string of the molecule is CSCCC(NC(=O)c1ccccc1)C(=O)N1CCCNCC1. The summed E-state index contributed by atoms with van der Waals surface area (Å²) in [5.41, 5.74) is 0.590. The van der Waals surface area contributed by atoms with Gasteiger partial charge in [-0.25, -0.2) is 0 Å². The van der Waals surface area contributed by atoms with Crippen molar-refractivity contribution in [1.82, 2.24) is 15.5 Å². The average molecular weight is 335 g/mol. The molecule has 0 spiro atoms. The molecule has 0 bridgehead atoms. The van der Waals surface area contributed by atoms with Crippen LogP contribution in [0.4, 0.5) is 0 Å². The van der Waals surface area contributed by atoms with E-state index in [-0.39, 0.29) is 11.8 Å². The summed E-state index contributed by atoms with van der Waals surface area (Å²) in [7, 11) is 0. The number of rotatable bonds is 6. The average Bonchev–Trinajstić information content (AvgIpc) is 2.88. The molecule has 23 heavy (non-hydrogen) atoms. The number of amides is 2. The van der Waals surface area contributed by atoms with Crippen molar-refractivity contribution in [1.29, 1.82) is 0 Å². The summed E-state index contributed by atoms with van der Waals surface area (Å²) in [5, 5.41) is 6.22. The maximum atomic E-state index is 12.8. The monoisotopic (exact) mass is 335 g/mol. The Bertz CT molecular complexity index is 502. The van der Waals surface area contributed by atoms with E-state index in [0.29, 0.717) is 18.5 Å². The fourth-order valence-corrected chi connectivity index (χ4v) is 3.08. The van der Waals surface area contributed by atoms with Crippen LogP contribution in [-0.4, -0.2) is 60.9 Å². The van der Waals surface area contributed by atoms with Crippen molar-refractivity contribution >= 4 is 23.6 Å². The summed E-state index contributed by atoms with van der Waals surface area (Å²) in [6.07, 6.45) is 3.62. The van der Waals surface area contributed by atoms with Gasteiger partial charge in [-0.1, -0.05) is 18.2 Å². The standard InChI is InChI=1S/C17H25N3O2S/c1-23-13-8-15(17(22)20-11-5-9-18-10-12-20)19-16(21)14-6-3-2-4-7-14/h2-4,6-7,15,18H,5,8-13H2,1H3,(H,19,21).